The fraction of sp³-hybridized carbons (Fsp3) is 0.103. The Bertz CT molecular complexity index is 3230. The number of aromatic amines is 2. The standard InChI is InChI=1S/C58H48N4O5/c1-63-51-23-9-5-15-37(51)43-27-31-47(59-43)55(48-32-28-44(60-48)38-16-6-10-24-52(38)64-2)41-21-13-19-35-36-20-14-22-42(58(36)67-57(35)41)56(49-33-29-45(61-49)39-17-7-11-25-53(39)65-3)50-34-30-46(62-50)40-18-8-12-26-54(40)66-4/h5-34,43,45,59-62H,1-4H3/b55-47-,56-49+. The summed E-state index contributed by atoms with van der Waals surface area (Å²) in [5.74, 6) is 3.21. The number of allylic oxidation sites excluding steroid dienone is 2. The SMILES string of the molecule is COc1ccccc1-c1ccc(/C(=C2/C=CC(c3ccccc3OC)N2)c2cccc3c2oc2c(/C(=C4/C=CC(c5ccccc5OC)N4)c4ccc(-c5ccccc5OC)[nH]4)cccc23)[nH]1. The monoisotopic (exact) mass is 880 g/mol. The molecule has 0 bridgehead atoms. The summed E-state index contributed by atoms with van der Waals surface area (Å²) in [4.78, 5) is 7.54. The molecule has 0 saturated heterocycles. The Morgan fingerprint density at radius 2 is 0.821 bits per heavy atom. The van der Waals surface area contributed by atoms with Crippen molar-refractivity contribution in [3.05, 3.63) is 227 Å². The van der Waals surface area contributed by atoms with E-state index < -0.39 is 0 Å². The van der Waals surface area contributed by atoms with Crippen LogP contribution in [0.25, 0.3) is 55.6 Å². The number of aromatic nitrogens is 2. The Balaban J connectivity index is 1.10. The molecule has 9 heteroatoms. The summed E-state index contributed by atoms with van der Waals surface area (Å²) in [5.41, 5.74) is 15.0. The third-order valence-corrected chi connectivity index (χ3v) is 12.8. The lowest BCUT2D eigenvalue weighted by atomic mass is 9.96. The fourth-order valence-electron chi connectivity index (χ4n) is 9.65. The topological polar surface area (TPSA) is 106 Å². The van der Waals surface area contributed by atoms with E-state index in [1.807, 2.05) is 72.8 Å². The molecule has 9 nitrogen and oxygen atoms in total. The van der Waals surface area contributed by atoms with E-state index in [-0.39, 0.29) is 12.1 Å². The highest BCUT2D eigenvalue weighted by molar-refractivity contribution is 6.12. The number of fused-ring (bicyclic) bond motifs is 3. The molecule has 3 aromatic heterocycles. The molecule has 2 aliphatic rings. The molecule has 0 aliphatic carbocycles. The maximum absolute atomic E-state index is 7.31. The van der Waals surface area contributed by atoms with Crippen LogP contribution in [0.1, 0.15) is 45.7 Å². The summed E-state index contributed by atoms with van der Waals surface area (Å²) >= 11 is 0. The molecule has 330 valence electrons. The molecule has 0 fully saturated rings. The molecule has 9 aromatic rings. The third kappa shape index (κ3) is 7.31. The minimum Gasteiger partial charge on any atom is -0.496 e. The first-order chi connectivity index (χ1) is 33.0. The van der Waals surface area contributed by atoms with Gasteiger partial charge in [-0.05, 0) is 72.8 Å². The zero-order chi connectivity index (χ0) is 45.4. The van der Waals surface area contributed by atoms with E-state index in [0.29, 0.717) is 0 Å². The van der Waals surface area contributed by atoms with E-state index in [9.17, 15) is 0 Å². The lowest BCUT2D eigenvalue weighted by Crippen LogP contribution is -2.15. The number of rotatable bonds is 12. The van der Waals surface area contributed by atoms with Gasteiger partial charge in [-0.2, -0.15) is 0 Å². The minimum atomic E-state index is -0.117. The number of methoxy groups -OCH3 is 4. The second-order valence-corrected chi connectivity index (χ2v) is 16.5. The normalized spacial score (nSPS) is 16.8. The van der Waals surface area contributed by atoms with Gasteiger partial charge in [0.2, 0.25) is 0 Å². The van der Waals surface area contributed by atoms with E-state index >= 15 is 0 Å². The lowest BCUT2D eigenvalue weighted by molar-refractivity contribution is 0.406. The zero-order valence-electron chi connectivity index (χ0n) is 37.5. The Labute approximate surface area is 388 Å². The number of nitrogens with one attached hydrogen (secondary N) is 4. The average Bonchev–Trinajstić information content (AvgIpc) is 4.26. The zero-order valence-corrected chi connectivity index (χ0v) is 37.5. The molecule has 67 heavy (non-hydrogen) atoms. The Morgan fingerprint density at radius 1 is 0.418 bits per heavy atom. The van der Waals surface area contributed by atoms with Crippen LogP contribution in [0.3, 0.4) is 0 Å². The lowest BCUT2D eigenvalue weighted by Gasteiger charge is -2.18. The van der Waals surface area contributed by atoms with Gasteiger partial charge in [0.25, 0.3) is 0 Å². The summed E-state index contributed by atoms with van der Waals surface area (Å²) in [6, 6.07) is 53.4. The van der Waals surface area contributed by atoms with Crippen LogP contribution in [-0.4, -0.2) is 38.4 Å². The minimum absolute atomic E-state index is 0.117. The van der Waals surface area contributed by atoms with E-state index in [1.54, 1.807) is 28.4 Å². The molecule has 2 atom stereocenters. The molecule has 11 rings (SSSR count). The molecular weight excluding hydrogens is 833 g/mol. The second kappa shape index (κ2) is 17.4. The fourth-order valence-corrected chi connectivity index (χ4v) is 9.65. The van der Waals surface area contributed by atoms with E-state index in [0.717, 1.165) is 124 Å². The largest absolute Gasteiger partial charge is 0.496 e. The van der Waals surface area contributed by atoms with Crippen molar-refractivity contribution in [3.63, 3.8) is 0 Å². The van der Waals surface area contributed by atoms with Crippen molar-refractivity contribution >= 4 is 33.1 Å². The van der Waals surface area contributed by atoms with E-state index in [1.165, 1.54) is 0 Å². The van der Waals surface area contributed by atoms with Crippen molar-refractivity contribution < 1.29 is 23.4 Å². The molecular formula is C58H48N4O5. The molecule has 0 saturated carbocycles. The quantitative estimate of drug-likeness (QED) is 0.0968. The van der Waals surface area contributed by atoms with Gasteiger partial charge in [0.15, 0.2) is 0 Å². The smallest absolute Gasteiger partial charge is 0.143 e. The number of hydrogen-bond acceptors (Lipinski definition) is 7. The van der Waals surface area contributed by atoms with Crippen molar-refractivity contribution in [3.8, 4) is 45.5 Å². The van der Waals surface area contributed by atoms with Crippen molar-refractivity contribution in [1.82, 2.24) is 20.6 Å². The number of H-pyrrole nitrogens is 2. The van der Waals surface area contributed by atoms with Gasteiger partial charge in [-0.25, -0.2) is 0 Å². The summed E-state index contributed by atoms with van der Waals surface area (Å²) in [7, 11) is 6.82. The van der Waals surface area contributed by atoms with Crippen molar-refractivity contribution in [2.75, 3.05) is 28.4 Å². The van der Waals surface area contributed by atoms with Gasteiger partial charge in [-0.1, -0.05) is 109 Å². The number of furan rings is 1. The van der Waals surface area contributed by atoms with Gasteiger partial charge in [0.05, 0.1) is 40.5 Å². The van der Waals surface area contributed by atoms with Gasteiger partial charge >= 0.3 is 0 Å². The highest BCUT2D eigenvalue weighted by Crippen LogP contribution is 2.44. The summed E-state index contributed by atoms with van der Waals surface area (Å²) in [6.07, 6.45) is 8.68. The summed E-state index contributed by atoms with van der Waals surface area (Å²) in [6.45, 7) is 0. The predicted molar refractivity (Wildman–Crippen MR) is 267 cm³/mol. The molecule has 6 aromatic carbocycles. The first-order valence-electron chi connectivity index (χ1n) is 22.3. The highest BCUT2D eigenvalue weighted by Gasteiger charge is 2.28. The van der Waals surface area contributed by atoms with Gasteiger partial charge in [-0.3, -0.25) is 0 Å². The van der Waals surface area contributed by atoms with Crippen LogP contribution >= 0.6 is 0 Å². The van der Waals surface area contributed by atoms with Crippen LogP contribution in [0.5, 0.6) is 23.0 Å². The van der Waals surface area contributed by atoms with E-state index in [4.69, 9.17) is 23.4 Å². The van der Waals surface area contributed by atoms with E-state index in [2.05, 4.69) is 130 Å². The van der Waals surface area contributed by atoms with Gasteiger partial charge < -0.3 is 44.0 Å². The number of para-hydroxylation sites is 6. The molecule has 2 aliphatic heterocycles. The van der Waals surface area contributed by atoms with Crippen LogP contribution in [0.4, 0.5) is 0 Å². The Kier molecular flexibility index (Phi) is 10.7. The molecule has 2 unspecified atom stereocenters. The van der Waals surface area contributed by atoms with Crippen molar-refractivity contribution in [2.24, 2.45) is 0 Å². The average molecular weight is 881 g/mol. The molecule has 0 spiro atoms. The first kappa shape index (κ1) is 41.2. The number of ether oxygens (including phenoxy) is 4. The van der Waals surface area contributed by atoms with Crippen molar-refractivity contribution in [2.45, 2.75) is 12.1 Å². The van der Waals surface area contributed by atoms with Gasteiger partial charge in [0, 0.05) is 89.5 Å². The van der Waals surface area contributed by atoms with Crippen LogP contribution in [0, 0.1) is 0 Å². The molecule has 5 heterocycles. The summed E-state index contributed by atoms with van der Waals surface area (Å²) in [5, 5.41) is 9.69. The molecule has 0 amide bonds. The summed E-state index contributed by atoms with van der Waals surface area (Å²) < 4.78 is 30.5. The molecule has 0 radical (unpaired) electrons. The molecule has 4 N–H and O–H groups in total. The van der Waals surface area contributed by atoms with Crippen LogP contribution in [0.15, 0.2) is 198 Å². The van der Waals surface area contributed by atoms with Crippen LogP contribution in [0.2, 0.25) is 0 Å². The number of hydrogen-bond donors (Lipinski definition) is 4. The van der Waals surface area contributed by atoms with Crippen molar-refractivity contribution in [1.29, 1.82) is 0 Å². The van der Waals surface area contributed by atoms with Gasteiger partial charge in [-0.15, -0.1) is 0 Å². The predicted octanol–water partition coefficient (Wildman–Crippen LogP) is 12.9. The Morgan fingerprint density at radius 3 is 1.25 bits per heavy atom. The van der Waals surface area contributed by atoms with Crippen LogP contribution in [-0.2, 0) is 0 Å². The second-order valence-electron chi connectivity index (χ2n) is 16.5. The van der Waals surface area contributed by atoms with Crippen LogP contribution < -0.4 is 29.6 Å². The maximum atomic E-state index is 7.31. The van der Waals surface area contributed by atoms with Gasteiger partial charge in [0.1, 0.15) is 34.2 Å². The Hall–Kier alpha value is -8.56. The number of benzene rings is 6. The first-order valence-corrected chi connectivity index (χ1v) is 22.3. The highest BCUT2D eigenvalue weighted by atomic mass is 16.5. The maximum Gasteiger partial charge on any atom is 0.143 e. The third-order valence-electron chi connectivity index (χ3n) is 12.8.